The Balaban J connectivity index is 3.06. The van der Waals surface area contributed by atoms with Crippen molar-refractivity contribution in [3.8, 4) is 0 Å². The summed E-state index contributed by atoms with van der Waals surface area (Å²) in [5, 5.41) is 0. The molecule has 0 heterocycles. The van der Waals surface area contributed by atoms with E-state index in [4.69, 9.17) is 0 Å². The quantitative estimate of drug-likeness (QED) is 0.556. The monoisotopic (exact) mass is 162 g/mol. The Bertz CT molecular complexity index is 62.9. The Kier molecular flexibility index (Phi) is 6.76. The Morgan fingerprint density at radius 2 is 1.50 bits per heavy atom. The first-order chi connectivity index (χ1) is 3.81. The van der Waals surface area contributed by atoms with E-state index in [1.165, 1.54) is 24.9 Å². The van der Waals surface area contributed by atoms with Gasteiger partial charge in [-0.3, -0.25) is 0 Å². The van der Waals surface area contributed by atoms with Crippen molar-refractivity contribution in [2.45, 2.75) is 38.8 Å². The molecule has 0 unspecified atom stereocenters. The maximum absolute atomic E-state index is 2.44. The van der Waals surface area contributed by atoms with Gasteiger partial charge in [0.2, 0.25) is 0 Å². The van der Waals surface area contributed by atoms with E-state index in [2.05, 4.69) is 33.0 Å². The first-order valence-electron chi connectivity index (χ1n) is 3.37. The van der Waals surface area contributed by atoms with E-state index < -0.39 is 0 Å². The van der Waals surface area contributed by atoms with Crippen LogP contribution < -0.4 is 0 Å². The molecule has 0 aromatic rings. The van der Waals surface area contributed by atoms with Gasteiger partial charge in [0.25, 0.3) is 0 Å². The van der Waals surface area contributed by atoms with Crippen molar-refractivity contribution in [3.63, 3.8) is 0 Å². The molecule has 0 saturated carbocycles. The molecule has 0 atom stereocenters. The molecular formula is C6H14SiTi+2. The van der Waals surface area contributed by atoms with Gasteiger partial charge < -0.3 is 0 Å². The van der Waals surface area contributed by atoms with E-state index in [-0.39, 0.29) is 6.19 Å². The fourth-order valence-corrected chi connectivity index (χ4v) is 4.53. The van der Waals surface area contributed by atoms with Gasteiger partial charge in [-0.15, -0.1) is 0 Å². The average Bonchev–Trinajstić information content (AvgIpc) is 1.68. The van der Waals surface area contributed by atoms with Crippen LogP contribution in [0.3, 0.4) is 0 Å². The van der Waals surface area contributed by atoms with Gasteiger partial charge in [-0.25, -0.2) is 0 Å². The molecule has 0 spiro atoms. The van der Waals surface area contributed by atoms with E-state index in [1.807, 2.05) is 0 Å². The second-order valence-corrected chi connectivity index (χ2v) is 7.62. The minimum absolute atomic E-state index is 0.109. The first-order valence-corrected chi connectivity index (χ1v) is 7.63. The van der Waals surface area contributed by atoms with Crippen LogP contribution in [-0.2, 0) is 19.2 Å². The van der Waals surface area contributed by atoms with Crippen molar-refractivity contribution in [2.75, 3.05) is 0 Å². The van der Waals surface area contributed by atoms with Crippen LogP contribution in [0.2, 0.25) is 12.1 Å². The molecule has 0 aromatic heterocycles. The Morgan fingerprint density at radius 1 is 1.12 bits per heavy atom. The minimum atomic E-state index is 0.109. The summed E-state index contributed by atoms with van der Waals surface area (Å²) < 4.78 is 0. The predicted molar refractivity (Wildman–Crippen MR) is 35.9 cm³/mol. The van der Waals surface area contributed by atoms with E-state index in [9.17, 15) is 0 Å². The summed E-state index contributed by atoms with van der Waals surface area (Å²) in [4.78, 5) is 0. The molecule has 0 aliphatic rings. The van der Waals surface area contributed by atoms with Crippen molar-refractivity contribution in [3.05, 3.63) is 0 Å². The zero-order valence-electron chi connectivity index (χ0n) is 5.83. The van der Waals surface area contributed by atoms with E-state index in [1.54, 1.807) is 0 Å². The third kappa shape index (κ3) is 5.08. The zero-order valence-corrected chi connectivity index (χ0v) is 8.39. The van der Waals surface area contributed by atoms with Crippen molar-refractivity contribution in [1.82, 2.24) is 0 Å². The summed E-state index contributed by atoms with van der Waals surface area (Å²) >= 11 is 2.44. The Morgan fingerprint density at radius 3 is 1.75 bits per heavy atom. The molecule has 8 heavy (non-hydrogen) atoms. The van der Waals surface area contributed by atoms with Crippen molar-refractivity contribution in [2.24, 2.45) is 0 Å². The summed E-state index contributed by atoms with van der Waals surface area (Å²) in [7, 11) is 0. The molecule has 0 fully saturated rings. The molecular weight excluding hydrogens is 148 g/mol. The molecule has 44 valence electrons. The van der Waals surface area contributed by atoms with Crippen LogP contribution in [0, 0.1) is 0 Å². The molecule has 0 aromatic carbocycles. The van der Waals surface area contributed by atoms with Crippen LogP contribution in [0.25, 0.3) is 0 Å². The van der Waals surface area contributed by atoms with Gasteiger partial charge in [-0.05, 0) is 0 Å². The van der Waals surface area contributed by atoms with Gasteiger partial charge in [0.15, 0.2) is 0 Å². The molecule has 0 N–H and O–H groups in total. The van der Waals surface area contributed by atoms with E-state index >= 15 is 0 Å². The SMILES string of the molecule is CCC[Si](=[Ti+2])CCC. The first kappa shape index (κ1) is 8.93. The summed E-state index contributed by atoms with van der Waals surface area (Å²) in [6.07, 6.45) is 2.90. The third-order valence-corrected chi connectivity index (χ3v) is 5.65. The normalized spacial score (nSPS) is 9.50. The summed E-state index contributed by atoms with van der Waals surface area (Å²) in [6.45, 7) is 4.56. The van der Waals surface area contributed by atoms with Gasteiger partial charge in [-0.1, -0.05) is 0 Å². The van der Waals surface area contributed by atoms with Gasteiger partial charge in [0.1, 0.15) is 0 Å². The molecule has 0 rings (SSSR count). The number of hydrogen-bond donors (Lipinski definition) is 0. The second kappa shape index (κ2) is 6.06. The number of hydrogen-bond acceptors (Lipinski definition) is 0. The Hall–Kier alpha value is 0.931. The van der Waals surface area contributed by atoms with Crippen molar-refractivity contribution >= 4 is 6.19 Å². The second-order valence-electron chi connectivity index (χ2n) is 2.10. The molecule has 0 radical (unpaired) electrons. The fourth-order valence-electron chi connectivity index (χ4n) is 0.729. The standard InChI is InChI=1S/C6H14Si.Ti/c1-3-5-7-6-4-2;/h3-6H2,1-2H3;/q;+2. The fraction of sp³-hybridized carbons (Fsp3) is 1.00. The topological polar surface area (TPSA) is 0 Å². The van der Waals surface area contributed by atoms with Gasteiger partial charge in [0, 0.05) is 0 Å². The van der Waals surface area contributed by atoms with Crippen LogP contribution in [0.1, 0.15) is 26.7 Å². The summed E-state index contributed by atoms with van der Waals surface area (Å²) in [5.74, 6) is 0. The van der Waals surface area contributed by atoms with E-state index in [0.29, 0.717) is 0 Å². The van der Waals surface area contributed by atoms with Crippen LogP contribution in [0.5, 0.6) is 0 Å². The van der Waals surface area contributed by atoms with Crippen molar-refractivity contribution < 1.29 is 19.2 Å². The predicted octanol–water partition coefficient (Wildman–Crippen LogP) is 2.34. The summed E-state index contributed by atoms with van der Waals surface area (Å²) in [5.41, 5.74) is 0. The van der Waals surface area contributed by atoms with E-state index in [0.717, 1.165) is 0 Å². The van der Waals surface area contributed by atoms with Crippen molar-refractivity contribution in [1.29, 1.82) is 0 Å². The van der Waals surface area contributed by atoms with Gasteiger partial charge in [0.05, 0.1) is 0 Å². The van der Waals surface area contributed by atoms with Crippen LogP contribution in [0.15, 0.2) is 0 Å². The van der Waals surface area contributed by atoms with Gasteiger partial charge >= 0.3 is 64.1 Å². The zero-order chi connectivity index (χ0) is 6.41. The van der Waals surface area contributed by atoms with Crippen LogP contribution in [-0.4, -0.2) is 6.19 Å². The molecule has 0 amide bonds. The number of rotatable bonds is 4. The van der Waals surface area contributed by atoms with Crippen LogP contribution in [0.4, 0.5) is 0 Å². The molecule has 0 aliphatic carbocycles. The molecule has 0 saturated heterocycles. The third-order valence-electron chi connectivity index (χ3n) is 1.10. The van der Waals surface area contributed by atoms with Crippen LogP contribution >= 0.6 is 0 Å². The molecule has 0 bridgehead atoms. The maximum atomic E-state index is 2.44. The average molecular weight is 162 g/mol. The molecule has 0 nitrogen and oxygen atoms in total. The summed E-state index contributed by atoms with van der Waals surface area (Å²) in [6, 6.07) is 3.02. The molecule has 2 heteroatoms. The van der Waals surface area contributed by atoms with Gasteiger partial charge in [-0.2, -0.15) is 0 Å². The Labute approximate surface area is 64.3 Å². The molecule has 0 aliphatic heterocycles.